The topological polar surface area (TPSA) is 38.8 Å². The van der Waals surface area contributed by atoms with Gasteiger partial charge in [-0.2, -0.15) is 0 Å². The van der Waals surface area contributed by atoms with E-state index in [1.54, 1.807) is 18.0 Å². The van der Waals surface area contributed by atoms with Crippen LogP contribution in [0.1, 0.15) is 5.56 Å². The fourth-order valence-electron chi connectivity index (χ4n) is 2.33. The fraction of sp³-hybridized carbons (Fsp3) is 0.235. The van der Waals surface area contributed by atoms with Crippen molar-refractivity contribution in [3.05, 3.63) is 59.1 Å². The van der Waals surface area contributed by atoms with E-state index in [-0.39, 0.29) is 12.5 Å². The summed E-state index contributed by atoms with van der Waals surface area (Å²) >= 11 is 5.86. The van der Waals surface area contributed by atoms with Gasteiger partial charge in [-0.1, -0.05) is 35.9 Å². The van der Waals surface area contributed by atoms with E-state index < -0.39 is 6.10 Å². The Morgan fingerprint density at radius 3 is 2.59 bits per heavy atom. The number of halogens is 1. The molecule has 4 nitrogen and oxygen atoms in total. The number of carbonyl (C=O) groups excluding carboxylic acids is 1. The molecule has 114 valence electrons. The lowest BCUT2D eigenvalue weighted by Gasteiger charge is -2.28. The zero-order valence-electron chi connectivity index (χ0n) is 12.2. The van der Waals surface area contributed by atoms with Gasteiger partial charge in [-0.25, -0.2) is 0 Å². The van der Waals surface area contributed by atoms with Gasteiger partial charge in [0.05, 0.1) is 0 Å². The lowest BCUT2D eigenvalue weighted by atomic mass is 10.2. The summed E-state index contributed by atoms with van der Waals surface area (Å²) in [6.45, 7) is 0.721. The first-order chi connectivity index (χ1) is 10.6. The number of carbonyl (C=O) groups is 1. The van der Waals surface area contributed by atoms with Crippen molar-refractivity contribution < 1.29 is 14.3 Å². The van der Waals surface area contributed by atoms with Gasteiger partial charge in [-0.15, -0.1) is 0 Å². The summed E-state index contributed by atoms with van der Waals surface area (Å²) in [6, 6.07) is 14.8. The molecule has 0 unspecified atom stereocenters. The van der Waals surface area contributed by atoms with Gasteiger partial charge in [0.1, 0.15) is 6.61 Å². The Morgan fingerprint density at radius 2 is 1.86 bits per heavy atom. The molecule has 1 aliphatic rings. The Bertz CT molecular complexity index is 672. The second-order valence-corrected chi connectivity index (χ2v) is 5.62. The van der Waals surface area contributed by atoms with E-state index in [2.05, 4.69) is 0 Å². The molecule has 0 aliphatic carbocycles. The van der Waals surface area contributed by atoms with Crippen LogP contribution in [-0.4, -0.2) is 30.6 Å². The van der Waals surface area contributed by atoms with E-state index in [1.165, 1.54) is 0 Å². The van der Waals surface area contributed by atoms with Crippen LogP contribution in [0.3, 0.4) is 0 Å². The number of nitrogens with zero attached hydrogens (tertiary/aromatic N) is 1. The van der Waals surface area contributed by atoms with Crippen LogP contribution in [0.2, 0.25) is 5.02 Å². The van der Waals surface area contributed by atoms with E-state index in [1.807, 2.05) is 42.5 Å². The maximum Gasteiger partial charge on any atom is 0.267 e. The molecule has 1 aliphatic heterocycles. The number of benzene rings is 2. The quantitative estimate of drug-likeness (QED) is 0.873. The van der Waals surface area contributed by atoms with Crippen molar-refractivity contribution in [3.63, 3.8) is 0 Å². The van der Waals surface area contributed by atoms with Gasteiger partial charge in [0.25, 0.3) is 5.91 Å². The molecular formula is C17H16ClNO3. The summed E-state index contributed by atoms with van der Waals surface area (Å²) in [6.07, 6.45) is -0.618. The number of hydrogen-bond acceptors (Lipinski definition) is 3. The lowest BCUT2D eigenvalue weighted by Crippen LogP contribution is -2.44. The third-order valence-corrected chi connectivity index (χ3v) is 3.75. The fourth-order valence-corrected chi connectivity index (χ4v) is 2.45. The molecule has 2 aromatic rings. The second-order valence-electron chi connectivity index (χ2n) is 5.18. The molecule has 0 N–H and O–H groups in total. The maximum atomic E-state index is 12.5. The van der Waals surface area contributed by atoms with Crippen LogP contribution in [0, 0.1) is 0 Å². The van der Waals surface area contributed by atoms with Crippen LogP contribution < -0.4 is 9.47 Å². The van der Waals surface area contributed by atoms with Gasteiger partial charge in [-0.05, 0) is 29.8 Å². The Kier molecular flexibility index (Phi) is 4.20. The number of likely N-dealkylation sites (N-methyl/N-ethyl adjacent to an activating group) is 1. The van der Waals surface area contributed by atoms with Gasteiger partial charge in [0, 0.05) is 18.6 Å². The van der Waals surface area contributed by atoms with Crippen molar-refractivity contribution in [2.45, 2.75) is 12.6 Å². The molecule has 3 rings (SSSR count). The molecule has 0 saturated carbocycles. The Balaban J connectivity index is 1.65. The Hall–Kier alpha value is -2.20. The molecule has 1 atom stereocenters. The number of rotatable bonds is 3. The van der Waals surface area contributed by atoms with E-state index >= 15 is 0 Å². The average Bonchev–Trinajstić information content (AvgIpc) is 2.55. The smallest absolute Gasteiger partial charge is 0.267 e. The van der Waals surface area contributed by atoms with Crippen molar-refractivity contribution in [2.75, 3.05) is 13.7 Å². The zero-order chi connectivity index (χ0) is 15.5. The predicted octanol–water partition coefficient (Wildman–Crippen LogP) is 3.14. The molecule has 0 spiro atoms. The highest BCUT2D eigenvalue weighted by molar-refractivity contribution is 6.30. The minimum absolute atomic E-state index is 0.107. The van der Waals surface area contributed by atoms with Crippen LogP contribution in [0.15, 0.2) is 48.5 Å². The van der Waals surface area contributed by atoms with Crippen LogP contribution in [0.25, 0.3) is 0 Å². The summed E-state index contributed by atoms with van der Waals surface area (Å²) in [7, 11) is 1.75. The van der Waals surface area contributed by atoms with E-state index in [9.17, 15) is 4.79 Å². The van der Waals surface area contributed by atoms with Crippen LogP contribution in [-0.2, 0) is 11.3 Å². The lowest BCUT2D eigenvalue weighted by molar-refractivity contribution is -0.140. The van der Waals surface area contributed by atoms with Gasteiger partial charge >= 0.3 is 0 Å². The third-order valence-electron chi connectivity index (χ3n) is 3.49. The summed E-state index contributed by atoms with van der Waals surface area (Å²) in [5, 5.41) is 0.679. The molecule has 22 heavy (non-hydrogen) atoms. The highest BCUT2D eigenvalue weighted by Gasteiger charge is 2.29. The highest BCUT2D eigenvalue weighted by Crippen LogP contribution is 2.31. The number of hydrogen-bond donors (Lipinski definition) is 0. The molecule has 2 aromatic carbocycles. The van der Waals surface area contributed by atoms with Crippen molar-refractivity contribution in [1.29, 1.82) is 0 Å². The minimum Gasteiger partial charge on any atom is -0.485 e. The van der Waals surface area contributed by atoms with Crippen molar-refractivity contribution >= 4 is 17.5 Å². The average molecular weight is 318 g/mol. The SMILES string of the molecule is CN(Cc1ccc(Cl)cc1)C(=O)[C@@H]1COc2ccccc2O1. The first kappa shape index (κ1) is 14.7. The Morgan fingerprint density at radius 1 is 1.18 bits per heavy atom. The number of ether oxygens (including phenoxy) is 2. The monoisotopic (exact) mass is 317 g/mol. The largest absolute Gasteiger partial charge is 0.485 e. The van der Waals surface area contributed by atoms with Crippen molar-refractivity contribution in [1.82, 2.24) is 4.90 Å². The van der Waals surface area contributed by atoms with Crippen LogP contribution in [0.4, 0.5) is 0 Å². The normalized spacial score (nSPS) is 16.2. The predicted molar refractivity (Wildman–Crippen MR) is 84.3 cm³/mol. The second kappa shape index (κ2) is 6.28. The van der Waals surface area contributed by atoms with Gasteiger partial charge in [0.2, 0.25) is 6.10 Å². The van der Waals surface area contributed by atoms with E-state index in [0.717, 1.165) is 5.56 Å². The first-order valence-corrected chi connectivity index (χ1v) is 7.39. The molecule has 1 heterocycles. The van der Waals surface area contributed by atoms with E-state index in [0.29, 0.717) is 23.1 Å². The molecule has 0 radical (unpaired) electrons. The molecule has 1 amide bonds. The summed E-state index contributed by atoms with van der Waals surface area (Å²) in [5.41, 5.74) is 1.01. The number of fused-ring (bicyclic) bond motifs is 1. The van der Waals surface area contributed by atoms with Gasteiger partial charge < -0.3 is 14.4 Å². The zero-order valence-corrected chi connectivity index (χ0v) is 12.9. The van der Waals surface area contributed by atoms with Crippen LogP contribution in [0.5, 0.6) is 11.5 Å². The minimum atomic E-state index is -0.618. The molecular weight excluding hydrogens is 302 g/mol. The van der Waals surface area contributed by atoms with Crippen molar-refractivity contribution in [2.24, 2.45) is 0 Å². The van der Waals surface area contributed by atoms with Crippen LogP contribution >= 0.6 is 11.6 Å². The number of para-hydroxylation sites is 2. The summed E-state index contributed by atoms with van der Waals surface area (Å²) in [5.74, 6) is 1.17. The summed E-state index contributed by atoms with van der Waals surface area (Å²) < 4.78 is 11.3. The Labute approximate surface area is 134 Å². The molecule has 0 saturated heterocycles. The number of amides is 1. The molecule has 0 bridgehead atoms. The maximum absolute atomic E-state index is 12.5. The highest BCUT2D eigenvalue weighted by atomic mass is 35.5. The summed E-state index contributed by atoms with van der Waals surface area (Å²) in [4.78, 5) is 14.1. The first-order valence-electron chi connectivity index (χ1n) is 7.01. The molecule has 0 aromatic heterocycles. The van der Waals surface area contributed by atoms with Crippen molar-refractivity contribution in [3.8, 4) is 11.5 Å². The van der Waals surface area contributed by atoms with Gasteiger partial charge in [-0.3, -0.25) is 4.79 Å². The standard InChI is InChI=1S/C17H16ClNO3/c1-19(10-12-6-8-13(18)9-7-12)17(20)16-11-21-14-4-2-3-5-15(14)22-16/h2-9,16H,10-11H2,1H3/t16-/m0/s1. The van der Waals surface area contributed by atoms with E-state index in [4.69, 9.17) is 21.1 Å². The molecule has 5 heteroatoms. The third kappa shape index (κ3) is 3.17. The van der Waals surface area contributed by atoms with Gasteiger partial charge in [0.15, 0.2) is 11.5 Å². The molecule has 0 fully saturated rings.